The number of phosphoric acid groups is 3. The number of aliphatic hydroxyl groups is 2. The molecule has 4 rings (SSSR count). The minimum Gasteiger partial charge on any atom is -0.386 e. The Morgan fingerprint density at radius 3 is 2.42 bits per heavy atom. The highest BCUT2D eigenvalue weighted by Crippen LogP contribution is 2.61. The van der Waals surface area contributed by atoms with E-state index in [2.05, 4.69) is 47.0 Å². The average Bonchev–Trinajstić information content (AvgIpc) is 3.74. The van der Waals surface area contributed by atoms with Crippen molar-refractivity contribution in [3.05, 3.63) is 25.0 Å². The van der Waals surface area contributed by atoms with Crippen LogP contribution < -0.4 is 10.6 Å². The molecule has 4 heterocycles. The number of rotatable bonds is 18. The van der Waals surface area contributed by atoms with E-state index in [1.165, 1.54) is 37.3 Å². The van der Waals surface area contributed by atoms with Crippen LogP contribution in [0.4, 0.5) is 0 Å². The second kappa shape index (κ2) is 16.1. The Bertz CT molecular complexity index is 1820. The van der Waals surface area contributed by atoms with E-state index in [9.17, 15) is 53.1 Å². The van der Waals surface area contributed by atoms with Crippen molar-refractivity contribution >= 4 is 64.7 Å². The largest absolute Gasteiger partial charge is 0.481 e. The molecule has 0 bridgehead atoms. The van der Waals surface area contributed by atoms with Gasteiger partial charge < -0.3 is 45.2 Å². The quantitative estimate of drug-likeness (QED) is 0.0551. The second-order valence-corrected chi connectivity index (χ2v) is 16.1. The van der Waals surface area contributed by atoms with Gasteiger partial charge in [0.25, 0.3) is 0 Å². The number of hydrogen-bond acceptors (Lipinski definition) is 16. The number of carbonyl (C=O) groups is 2. The zero-order chi connectivity index (χ0) is 37.1. The smallest absolute Gasteiger partial charge is 0.386 e. The monoisotopic (exact) mass is 791 g/mol. The maximum absolute atomic E-state index is 12.7. The van der Waals surface area contributed by atoms with Gasteiger partial charge in [0.15, 0.2) is 23.0 Å². The summed E-state index contributed by atoms with van der Waals surface area (Å²) >= 11 is 3.95. The number of thiol groups is 1. The fraction of sp³-hybridized carbons (Fsp3) is 0.609. The number of amides is 2. The van der Waals surface area contributed by atoms with Crippen LogP contribution in [0.25, 0.3) is 16.8 Å². The first-order valence-electron chi connectivity index (χ1n) is 14.4. The predicted octanol–water partition coefficient (Wildman–Crippen LogP) is -0.995. The fourth-order valence-corrected chi connectivity index (χ4v) is 7.55. The van der Waals surface area contributed by atoms with Gasteiger partial charge in [-0.05, 0) is 0 Å². The lowest BCUT2D eigenvalue weighted by molar-refractivity contribution is -0.137. The second-order valence-electron chi connectivity index (χ2n) is 11.4. The third kappa shape index (κ3) is 10.4. The number of hydrogen-bond donors (Lipinski definition) is 9. The topological polar surface area (TPSA) is 325 Å². The van der Waals surface area contributed by atoms with E-state index < -0.39 is 78.6 Å². The van der Waals surface area contributed by atoms with Crippen molar-refractivity contribution in [2.75, 3.05) is 32.1 Å². The van der Waals surface area contributed by atoms with Crippen LogP contribution in [0.5, 0.6) is 0 Å². The van der Waals surface area contributed by atoms with E-state index in [-0.39, 0.29) is 30.0 Å². The van der Waals surface area contributed by atoms with E-state index in [0.29, 0.717) is 17.9 Å². The molecule has 0 radical (unpaired) electrons. The summed E-state index contributed by atoms with van der Waals surface area (Å²) in [7, 11) is -16.3. The first-order valence-corrected chi connectivity index (χ1v) is 19.6. The summed E-state index contributed by atoms with van der Waals surface area (Å²) in [6.45, 7) is 0.762. The fourth-order valence-electron chi connectivity index (χ4n) is 4.61. The lowest BCUT2D eigenvalue weighted by Crippen LogP contribution is -2.46. The van der Waals surface area contributed by atoms with Crippen molar-refractivity contribution in [1.29, 1.82) is 0 Å². The number of phosphoric ester groups is 3. The molecule has 23 nitrogen and oxygen atoms in total. The van der Waals surface area contributed by atoms with E-state index in [0.717, 1.165) is 0 Å². The van der Waals surface area contributed by atoms with E-state index >= 15 is 0 Å². The van der Waals surface area contributed by atoms with Crippen LogP contribution in [0.2, 0.25) is 0 Å². The van der Waals surface area contributed by atoms with Crippen molar-refractivity contribution in [2.45, 2.75) is 50.9 Å². The molecule has 2 amide bonds. The van der Waals surface area contributed by atoms with E-state index in [4.69, 9.17) is 13.8 Å². The Morgan fingerprint density at radius 1 is 1.04 bits per heavy atom. The lowest BCUT2D eigenvalue weighted by atomic mass is 9.87. The first kappa shape index (κ1) is 40.4. The number of imidazole rings is 2. The highest BCUT2D eigenvalue weighted by Gasteiger charge is 2.50. The third-order valence-corrected chi connectivity index (χ3v) is 10.4. The Hall–Kier alpha value is -2.37. The molecular weight excluding hydrogens is 755 g/mol. The van der Waals surface area contributed by atoms with Crippen molar-refractivity contribution in [2.24, 2.45) is 5.41 Å². The number of ether oxygens (including phenoxy) is 1. The number of nitrogens with one attached hydrogen (secondary N) is 2. The van der Waals surface area contributed by atoms with Crippen molar-refractivity contribution < 1.29 is 75.7 Å². The molecule has 1 fully saturated rings. The first-order chi connectivity index (χ1) is 23.2. The number of fused-ring (bicyclic) bond motifs is 3. The van der Waals surface area contributed by atoms with Gasteiger partial charge in [0.05, 0.1) is 19.5 Å². The van der Waals surface area contributed by atoms with E-state index in [1.54, 1.807) is 10.6 Å². The van der Waals surface area contributed by atoms with Crippen LogP contribution in [0, 0.1) is 5.41 Å². The van der Waals surface area contributed by atoms with Gasteiger partial charge in [0.2, 0.25) is 11.8 Å². The molecule has 1 aliphatic rings. The molecule has 280 valence electrons. The average molecular weight is 792 g/mol. The van der Waals surface area contributed by atoms with Gasteiger partial charge in [0, 0.05) is 43.1 Å². The normalized spacial score (nSPS) is 23.1. The Kier molecular flexibility index (Phi) is 13.0. The molecule has 1 aliphatic heterocycles. The molecule has 2 unspecified atom stereocenters. The Morgan fingerprint density at radius 2 is 1.74 bits per heavy atom. The third-order valence-electron chi connectivity index (χ3n) is 7.08. The minimum absolute atomic E-state index is 0.0979. The SMILES string of the molecule is CC(C)(COP(=O)(O)OP(=O)(O)OC[C@H]1O[C@@H](n2cnc3c2ncn2ccnc32)[C@H](O)[C@@H]1OP(=O)(O)O)[C@@H](O)C(=O)NCCC(=O)NCCS. The summed E-state index contributed by atoms with van der Waals surface area (Å²) in [5.41, 5.74) is -0.780. The number of carbonyl (C=O) groups excluding carboxylic acids is 2. The molecule has 8 N–H and O–H groups in total. The van der Waals surface area contributed by atoms with Crippen molar-refractivity contribution in [1.82, 2.24) is 34.6 Å². The Labute approximate surface area is 288 Å². The zero-order valence-corrected chi connectivity index (χ0v) is 29.8. The van der Waals surface area contributed by atoms with Gasteiger partial charge in [-0.3, -0.25) is 32.1 Å². The van der Waals surface area contributed by atoms with E-state index in [1.807, 2.05) is 0 Å². The predicted molar refractivity (Wildman–Crippen MR) is 170 cm³/mol. The highest BCUT2D eigenvalue weighted by atomic mass is 32.1. The molecule has 0 spiro atoms. The number of aliphatic hydroxyl groups excluding tert-OH is 2. The molecular formula is C23H36N7O16P3S. The molecule has 0 aromatic carbocycles. The zero-order valence-electron chi connectivity index (χ0n) is 26.2. The lowest BCUT2D eigenvalue weighted by Gasteiger charge is -2.30. The van der Waals surface area contributed by atoms with Crippen LogP contribution in [-0.4, -0.2) is 122 Å². The van der Waals surface area contributed by atoms with Crippen molar-refractivity contribution in [3.8, 4) is 0 Å². The van der Waals surface area contributed by atoms with Crippen LogP contribution in [-0.2, 0) is 45.9 Å². The summed E-state index contributed by atoms with van der Waals surface area (Å²) in [5.74, 6) is -0.898. The minimum atomic E-state index is -5.54. The molecule has 3 aromatic rings. The molecule has 3 aromatic heterocycles. The standard InChI is InChI=1S/C23H36N7O16P3S/c1-23(2,18(33)21(34)26-4-3-14(31)24-6-8-50)10-43-49(40,41)46-48(38,39)42-9-13-17(45-47(35,36)37)16(32)22(44-13)30-12-27-15-19-25-5-7-29(19)11-28-20(15)30/h5,7,11-13,16-18,22,32-33,50H,3-4,6,8-10H2,1-2H3,(H,24,31)(H,26,34)(H,38,39)(H,40,41)(H2,35,36,37)/t13-,16-,17-,18+,22-/m1/s1. The summed E-state index contributed by atoms with van der Waals surface area (Å²) in [6, 6.07) is 0. The summed E-state index contributed by atoms with van der Waals surface area (Å²) in [6.07, 6.45) is -3.17. The summed E-state index contributed by atoms with van der Waals surface area (Å²) < 4.78 is 63.8. The van der Waals surface area contributed by atoms with Gasteiger partial charge in [-0.15, -0.1) is 0 Å². The Balaban J connectivity index is 1.36. The van der Waals surface area contributed by atoms with Crippen LogP contribution >= 0.6 is 36.1 Å². The van der Waals surface area contributed by atoms with Gasteiger partial charge in [-0.25, -0.2) is 28.6 Å². The van der Waals surface area contributed by atoms with Gasteiger partial charge in [-0.2, -0.15) is 16.9 Å². The van der Waals surface area contributed by atoms with Crippen LogP contribution in [0.15, 0.2) is 25.0 Å². The van der Waals surface area contributed by atoms with Gasteiger partial charge >= 0.3 is 23.5 Å². The number of aromatic nitrogens is 5. The molecule has 0 saturated carbocycles. The molecule has 7 atom stereocenters. The molecule has 27 heteroatoms. The molecule has 0 aliphatic carbocycles. The molecule has 50 heavy (non-hydrogen) atoms. The van der Waals surface area contributed by atoms with Gasteiger partial charge in [0.1, 0.15) is 30.7 Å². The molecule has 1 saturated heterocycles. The maximum atomic E-state index is 12.7. The van der Waals surface area contributed by atoms with Crippen LogP contribution in [0.1, 0.15) is 26.5 Å². The summed E-state index contributed by atoms with van der Waals surface area (Å²) in [4.78, 5) is 75.8. The number of nitrogens with zero attached hydrogens (tertiary/aromatic N) is 5. The van der Waals surface area contributed by atoms with Gasteiger partial charge in [-0.1, -0.05) is 13.8 Å². The maximum Gasteiger partial charge on any atom is 0.481 e. The summed E-state index contributed by atoms with van der Waals surface area (Å²) in [5, 5.41) is 26.3. The highest BCUT2D eigenvalue weighted by molar-refractivity contribution is 7.80. The van der Waals surface area contributed by atoms with Crippen LogP contribution in [0.3, 0.4) is 0 Å². The van der Waals surface area contributed by atoms with Crippen molar-refractivity contribution in [3.63, 3.8) is 0 Å².